The first-order chi connectivity index (χ1) is 14.2. The maximum Gasteiger partial charge on any atom is 0.510 e. The largest absolute Gasteiger partial charge is 0.510 e. The molecule has 182 valence electrons. The first-order valence-corrected chi connectivity index (χ1v) is 10.9. The Morgan fingerprint density at radius 2 is 1.74 bits per heavy atom. The number of hydrogen-bond donors (Lipinski definition) is 2. The van der Waals surface area contributed by atoms with E-state index < -0.39 is 70.4 Å². The van der Waals surface area contributed by atoms with Gasteiger partial charge in [0.05, 0.1) is 12.7 Å². The molecule has 1 heterocycles. The Morgan fingerprint density at radius 1 is 1.16 bits per heavy atom. The molecule has 1 aliphatic heterocycles. The molecule has 4 atom stereocenters. The van der Waals surface area contributed by atoms with Crippen molar-refractivity contribution in [3.8, 4) is 0 Å². The van der Waals surface area contributed by atoms with E-state index in [-0.39, 0.29) is 12.3 Å². The number of phosphoric ester groups is 1. The van der Waals surface area contributed by atoms with Gasteiger partial charge in [0.2, 0.25) is 13.6 Å². The van der Waals surface area contributed by atoms with Crippen LogP contribution in [-0.2, 0) is 41.9 Å². The first-order valence-electron chi connectivity index (χ1n) is 9.45. The SMILES string of the molecule is CC(C)CC(=O)OCOP(=O)(OCOC(=O)OC(C)C)OC[C@@]1(F)OC[C@](C)(O)[C@@H]1O. The highest BCUT2D eigenvalue weighted by atomic mass is 31.2. The quantitative estimate of drug-likeness (QED) is 0.240. The number of carbonyl (C=O) groups is 2. The molecule has 0 aliphatic carbocycles. The summed E-state index contributed by atoms with van der Waals surface area (Å²) in [7, 11) is -4.69. The molecule has 0 aromatic heterocycles. The third-order valence-corrected chi connectivity index (χ3v) is 5.03. The lowest BCUT2D eigenvalue weighted by Gasteiger charge is -2.27. The molecule has 0 aromatic carbocycles. The van der Waals surface area contributed by atoms with E-state index >= 15 is 0 Å². The summed E-state index contributed by atoms with van der Waals surface area (Å²) in [6.07, 6.45) is -3.61. The summed E-state index contributed by atoms with van der Waals surface area (Å²) in [5, 5.41) is 19.7. The molecule has 14 heteroatoms. The highest BCUT2D eigenvalue weighted by Gasteiger charge is 2.57. The Balaban J connectivity index is 2.71. The van der Waals surface area contributed by atoms with E-state index in [2.05, 4.69) is 9.47 Å². The zero-order valence-electron chi connectivity index (χ0n) is 18.1. The average Bonchev–Trinajstić information content (AvgIpc) is 2.83. The molecule has 31 heavy (non-hydrogen) atoms. The Hall–Kier alpha value is -1.34. The lowest BCUT2D eigenvalue weighted by molar-refractivity contribution is -0.186. The third-order valence-electron chi connectivity index (χ3n) is 3.75. The zero-order chi connectivity index (χ0) is 23.9. The number of halogens is 1. The normalized spacial score (nSPS) is 27.9. The Morgan fingerprint density at radius 3 is 2.23 bits per heavy atom. The second-order valence-electron chi connectivity index (χ2n) is 7.72. The van der Waals surface area contributed by atoms with Crippen molar-refractivity contribution in [3.63, 3.8) is 0 Å². The smallest absolute Gasteiger partial charge is 0.438 e. The molecule has 0 spiro atoms. The molecular formula is C17H30FO12P. The molecule has 1 rings (SSSR count). The van der Waals surface area contributed by atoms with Crippen LogP contribution < -0.4 is 0 Å². The van der Waals surface area contributed by atoms with Gasteiger partial charge in [0.1, 0.15) is 18.3 Å². The van der Waals surface area contributed by atoms with E-state index in [4.69, 9.17) is 23.0 Å². The summed E-state index contributed by atoms with van der Waals surface area (Å²) in [4.78, 5) is 22.9. The molecule has 12 nitrogen and oxygen atoms in total. The predicted molar refractivity (Wildman–Crippen MR) is 100 cm³/mol. The number of alkyl halides is 1. The van der Waals surface area contributed by atoms with Crippen molar-refractivity contribution in [2.75, 3.05) is 26.8 Å². The third kappa shape index (κ3) is 9.36. The van der Waals surface area contributed by atoms with Gasteiger partial charge in [-0.25, -0.2) is 22.8 Å². The van der Waals surface area contributed by atoms with Gasteiger partial charge in [-0.1, -0.05) is 13.8 Å². The van der Waals surface area contributed by atoms with E-state index in [1.165, 1.54) is 0 Å². The molecule has 1 fully saturated rings. The van der Waals surface area contributed by atoms with Crippen molar-refractivity contribution in [1.29, 1.82) is 0 Å². The summed E-state index contributed by atoms with van der Waals surface area (Å²) < 4.78 is 60.6. The summed E-state index contributed by atoms with van der Waals surface area (Å²) in [6, 6.07) is 0. The van der Waals surface area contributed by atoms with Gasteiger partial charge < -0.3 is 29.2 Å². The summed E-state index contributed by atoms with van der Waals surface area (Å²) in [6.45, 7) is 4.22. The highest BCUT2D eigenvalue weighted by molar-refractivity contribution is 7.48. The van der Waals surface area contributed by atoms with Crippen LogP contribution in [0.25, 0.3) is 0 Å². The number of hydrogen-bond acceptors (Lipinski definition) is 12. The molecule has 0 aromatic rings. The van der Waals surface area contributed by atoms with Gasteiger partial charge in [-0.15, -0.1) is 0 Å². The number of carbonyl (C=O) groups excluding carboxylic acids is 2. The molecule has 0 bridgehead atoms. The van der Waals surface area contributed by atoms with Crippen LogP contribution in [0.15, 0.2) is 0 Å². The van der Waals surface area contributed by atoms with Crippen LogP contribution in [0.4, 0.5) is 9.18 Å². The van der Waals surface area contributed by atoms with Crippen LogP contribution in [0, 0.1) is 5.92 Å². The van der Waals surface area contributed by atoms with Crippen molar-refractivity contribution < 1.29 is 61.3 Å². The van der Waals surface area contributed by atoms with E-state index in [9.17, 15) is 28.8 Å². The van der Waals surface area contributed by atoms with Crippen molar-refractivity contribution in [1.82, 2.24) is 0 Å². The van der Waals surface area contributed by atoms with Crippen LogP contribution in [0.5, 0.6) is 0 Å². The second kappa shape index (κ2) is 11.5. The molecule has 1 saturated heterocycles. The number of aliphatic hydroxyl groups is 2. The van der Waals surface area contributed by atoms with Crippen LogP contribution in [-0.4, -0.2) is 72.8 Å². The first kappa shape index (κ1) is 27.7. The van der Waals surface area contributed by atoms with Gasteiger partial charge in [-0.05, 0) is 26.7 Å². The van der Waals surface area contributed by atoms with Gasteiger partial charge in [0.15, 0.2) is 0 Å². The summed E-state index contributed by atoms with van der Waals surface area (Å²) in [5.41, 5.74) is -1.92. The van der Waals surface area contributed by atoms with Crippen molar-refractivity contribution >= 4 is 19.9 Å². The maximum absolute atomic E-state index is 14.7. The van der Waals surface area contributed by atoms with Crippen molar-refractivity contribution in [3.05, 3.63) is 0 Å². The Bertz CT molecular complexity index is 623. The Kier molecular flexibility index (Phi) is 10.3. The molecule has 2 N–H and O–H groups in total. The summed E-state index contributed by atoms with van der Waals surface area (Å²) >= 11 is 0. The lowest BCUT2D eigenvalue weighted by atomic mass is 9.98. The summed E-state index contributed by atoms with van der Waals surface area (Å²) in [5.74, 6) is -3.60. The highest BCUT2D eigenvalue weighted by Crippen LogP contribution is 2.51. The van der Waals surface area contributed by atoms with Gasteiger partial charge in [-0.2, -0.15) is 0 Å². The monoisotopic (exact) mass is 476 g/mol. The van der Waals surface area contributed by atoms with Gasteiger partial charge in [0, 0.05) is 6.42 Å². The number of phosphoric acid groups is 1. The van der Waals surface area contributed by atoms with E-state index in [0.717, 1.165) is 6.92 Å². The van der Waals surface area contributed by atoms with Crippen molar-refractivity contribution in [2.24, 2.45) is 5.92 Å². The minimum Gasteiger partial charge on any atom is -0.438 e. The second-order valence-corrected chi connectivity index (χ2v) is 9.39. The van der Waals surface area contributed by atoms with Crippen LogP contribution in [0.1, 0.15) is 41.0 Å². The fraction of sp³-hybridized carbons (Fsp3) is 0.882. The standard InChI is InChI=1S/C17H30FO12P/c1-11(2)6-13(19)24-9-28-31(23,29-10-25-15(21)30-12(3)4)27-8-17(18)14(20)16(5,22)7-26-17/h11-12,14,20,22H,6-10H2,1-5H3/t14-,16-,17+,31?/m0/s1. The maximum atomic E-state index is 14.7. The number of esters is 1. The topological polar surface area (TPSA) is 156 Å². The zero-order valence-corrected chi connectivity index (χ0v) is 19.0. The fourth-order valence-corrected chi connectivity index (χ4v) is 3.12. The lowest BCUT2D eigenvalue weighted by Crippen LogP contribution is -2.48. The molecule has 1 unspecified atom stereocenters. The van der Waals surface area contributed by atoms with Gasteiger partial charge in [-0.3, -0.25) is 9.32 Å². The Labute approximate surface area is 179 Å². The number of rotatable bonds is 12. The number of aliphatic hydroxyl groups excluding tert-OH is 1. The molecule has 0 amide bonds. The predicted octanol–water partition coefficient (Wildman–Crippen LogP) is 2.02. The van der Waals surface area contributed by atoms with E-state index in [0.29, 0.717) is 0 Å². The number of ether oxygens (including phenoxy) is 4. The molecule has 0 saturated carbocycles. The van der Waals surface area contributed by atoms with Crippen LogP contribution >= 0.6 is 7.82 Å². The minimum absolute atomic E-state index is 0.00707. The van der Waals surface area contributed by atoms with E-state index in [1.807, 2.05) is 0 Å². The fourth-order valence-electron chi connectivity index (χ4n) is 2.20. The van der Waals surface area contributed by atoms with Crippen LogP contribution in [0.2, 0.25) is 0 Å². The van der Waals surface area contributed by atoms with Crippen molar-refractivity contribution in [2.45, 2.75) is 64.7 Å². The van der Waals surface area contributed by atoms with E-state index in [1.54, 1.807) is 27.7 Å². The molecule has 0 radical (unpaired) electrons. The van der Waals surface area contributed by atoms with Gasteiger partial charge >= 0.3 is 19.9 Å². The molecule has 1 aliphatic rings. The average molecular weight is 476 g/mol. The van der Waals surface area contributed by atoms with Crippen LogP contribution in [0.3, 0.4) is 0 Å². The van der Waals surface area contributed by atoms with Gasteiger partial charge in [0.25, 0.3) is 5.85 Å². The minimum atomic E-state index is -4.69. The molecular weight excluding hydrogens is 446 g/mol.